The molecule has 0 heterocycles. The minimum absolute atomic E-state index is 0.0304. The molecule has 0 spiro atoms. The van der Waals surface area contributed by atoms with Crippen LogP contribution in [0.4, 0.5) is 5.69 Å². The van der Waals surface area contributed by atoms with Crippen LogP contribution in [0.2, 0.25) is 5.02 Å². The number of halogens is 1. The minimum Gasteiger partial charge on any atom is -0.352 e. The third-order valence-corrected chi connectivity index (χ3v) is 9.27. The smallest absolute Gasteiger partial charge is 0.244 e. The fraction of sp³-hybridized carbons (Fsp3) is 0.394. The number of hydrogen-bond acceptors (Lipinski definition) is 4. The summed E-state index contributed by atoms with van der Waals surface area (Å²) < 4.78 is 27.5. The van der Waals surface area contributed by atoms with Gasteiger partial charge >= 0.3 is 0 Å². The Morgan fingerprint density at radius 2 is 1.55 bits per heavy atom. The number of benzene rings is 3. The molecule has 0 radical (unpaired) electrons. The average Bonchev–Trinajstić information content (AvgIpc) is 3.47. The van der Waals surface area contributed by atoms with Crippen molar-refractivity contribution in [2.75, 3.05) is 17.1 Å². The number of anilines is 1. The molecule has 0 aromatic heterocycles. The van der Waals surface area contributed by atoms with Crippen molar-refractivity contribution in [3.8, 4) is 0 Å². The molecule has 3 aromatic rings. The van der Waals surface area contributed by atoms with E-state index in [0.717, 1.165) is 47.4 Å². The van der Waals surface area contributed by atoms with Crippen LogP contribution in [0.25, 0.3) is 0 Å². The van der Waals surface area contributed by atoms with Crippen LogP contribution in [-0.2, 0) is 32.6 Å². The van der Waals surface area contributed by atoms with Gasteiger partial charge in [-0.3, -0.25) is 13.9 Å². The summed E-state index contributed by atoms with van der Waals surface area (Å²) >= 11 is 6.54. The predicted octanol–water partition coefficient (Wildman–Crippen LogP) is 5.93. The van der Waals surface area contributed by atoms with Gasteiger partial charge in [0.25, 0.3) is 0 Å². The number of sulfonamides is 1. The molecule has 2 amide bonds. The van der Waals surface area contributed by atoms with Crippen LogP contribution < -0.4 is 9.62 Å². The Morgan fingerprint density at radius 3 is 2.19 bits per heavy atom. The van der Waals surface area contributed by atoms with Crippen molar-refractivity contribution in [2.24, 2.45) is 0 Å². The first-order valence-corrected chi connectivity index (χ1v) is 16.7. The zero-order valence-corrected chi connectivity index (χ0v) is 26.1. The monoisotopic (exact) mass is 609 g/mol. The molecule has 9 heteroatoms. The largest absolute Gasteiger partial charge is 0.352 e. The summed E-state index contributed by atoms with van der Waals surface area (Å²) in [4.78, 5) is 29.8. The van der Waals surface area contributed by atoms with E-state index >= 15 is 0 Å². The Morgan fingerprint density at radius 1 is 0.929 bits per heavy atom. The fourth-order valence-electron chi connectivity index (χ4n) is 5.53. The first-order valence-electron chi connectivity index (χ1n) is 14.5. The summed E-state index contributed by atoms with van der Waals surface area (Å²) in [5.41, 5.74) is 2.84. The highest BCUT2D eigenvalue weighted by Crippen LogP contribution is 2.30. The Bertz CT molecular complexity index is 1470. The van der Waals surface area contributed by atoms with Gasteiger partial charge in [-0.15, -0.1) is 0 Å². The normalized spacial score (nSPS) is 14.5. The zero-order chi connectivity index (χ0) is 30.3. The van der Waals surface area contributed by atoms with Crippen molar-refractivity contribution in [2.45, 2.75) is 70.5 Å². The van der Waals surface area contributed by atoms with E-state index in [0.29, 0.717) is 16.3 Å². The van der Waals surface area contributed by atoms with E-state index < -0.39 is 28.5 Å². The van der Waals surface area contributed by atoms with Crippen LogP contribution >= 0.6 is 11.6 Å². The van der Waals surface area contributed by atoms with Crippen LogP contribution in [0.15, 0.2) is 78.9 Å². The van der Waals surface area contributed by atoms with E-state index in [1.165, 1.54) is 4.90 Å². The SMILES string of the molecule is CC(C)c1ccccc1N(CC(=O)N(Cc1ccccc1Cl)C(Cc1ccccc1)C(=O)NC1CCCC1)S(C)(=O)=O. The van der Waals surface area contributed by atoms with Gasteiger partial charge in [-0.25, -0.2) is 8.42 Å². The Hall–Kier alpha value is -3.36. The highest BCUT2D eigenvalue weighted by molar-refractivity contribution is 7.92. The van der Waals surface area contributed by atoms with Crippen molar-refractivity contribution in [3.05, 3.63) is 101 Å². The molecule has 1 N–H and O–H groups in total. The average molecular weight is 610 g/mol. The highest BCUT2D eigenvalue weighted by Gasteiger charge is 2.35. The standard InChI is InChI=1S/C33H40ClN3O4S/c1-24(2)28-18-10-12-20-30(28)37(42(3,40)41)23-32(38)36(22-26-15-7-11-19-29(26)34)31(21-25-13-5-4-6-14-25)33(39)35-27-16-8-9-17-27/h4-7,10-15,18-20,24,27,31H,8-9,16-17,21-23H2,1-3H3,(H,35,39). The van der Waals surface area contributed by atoms with E-state index in [1.807, 2.05) is 68.4 Å². The lowest BCUT2D eigenvalue weighted by Gasteiger charge is -2.34. The maximum absolute atomic E-state index is 14.3. The van der Waals surface area contributed by atoms with Gasteiger partial charge in [-0.05, 0) is 47.6 Å². The van der Waals surface area contributed by atoms with Gasteiger partial charge in [-0.1, -0.05) is 105 Å². The summed E-state index contributed by atoms with van der Waals surface area (Å²) in [6.45, 7) is 3.56. The molecule has 1 atom stereocenters. The Balaban J connectivity index is 1.76. The molecular weight excluding hydrogens is 570 g/mol. The fourth-order valence-corrected chi connectivity index (χ4v) is 6.59. The lowest BCUT2D eigenvalue weighted by atomic mass is 10.0. The maximum Gasteiger partial charge on any atom is 0.244 e. The van der Waals surface area contributed by atoms with Crippen molar-refractivity contribution < 1.29 is 18.0 Å². The molecule has 0 saturated heterocycles. The van der Waals surface area contributed by atoms with Gasteiger partial charge in [0.15, 0.2) is 0 Å². The number of carbonyl (C=O) groups excluding carboxylic acids is 2. The molecule has 0 bridgehead atoms. The molecule has 1 aliphatic rings. The summed E-state index contributed by atoms with van der Waals surface area (Å²) in [6, 6.07) is 23.1. The molecule has 4 rings (SSSR count). The van der Waals surface area contributed by atoms with Gasteiger partial charge in [-0.2, -0.15) is 0 Å². The highest BCUT2D eigenvalue weighted by atomic mass is 35.5. The van der Waals surface area contributed by atoms with Crippen LogP contribution in [0.5, 0.6) is 0 Å². The Labute approximate surface area is 254 Å². The number of para-hydroxylation sites is 1. The molecule has 7 nitrogen and oxygen atoms in total. The van der Waals surface area contributed by atoms with E-state index in [-0.39, 0.29) is 30.8 Å². The molecule has 1 unspecified atom stereocenters. The number of amides is 2. The van der Waals surface area contributed by atoms with E-state index in [2.05, 4.69) is 5.32 Å². The second-order valence-corrected chi connectivity index (χ2v) is 13.6. The van der Waals surface area contributed by atoms with Gasteiger partial charge in [0, 0.05) is 24.0 Å². The first-order chi connectivity index (χ1) is 20.0. The second-order valence-electron chi connectivity index (χ2n) is 11.3. The topological polar surface area (TPSA) is 86.8 Å². The Kier molecular flexibility index (Phi) is 10.7. The van der Waals surface area contributed by atoms with E-state index in [9.17, 15) is 18.0 Å². The number of nitrogens with zero attached hydrogens (tertiary/aromatic N) is 2. The van der Waals surface area contributed by atoms with Gasteiger partial charge < -0.3 is 10.2 Å². The van der Waals surface area contributed by atoms with Crippen LogP contribution in [-0.4, -0.2) is 50.0 Å². The molecule has 1 saturated carbocycles. The van der Waals surface area contributed by atoms with Crippen molar-refractivity contribution in [3.63, 3.8) is 0 Å². The first kappa shape index (κ1) is 31.6. The summed E-state index contributed by atoms with van der Waals surface area (Å²) in [5, 5.41) is 3.64. The predicted molar refractivity (Wildman–Crippen MR) is 169 cm³/mol. The maximum atomic E-state index is 14.3. The lowest BCUT2D eigenvalue weighted by molar-refractivity contribution is -0.140. The van der Waals surface area contributed by atoms with Crippen molar-refractivity contribution in [1.29, 1.82) is 0 Å². The summed E-state index contributed by atoms with van der Waals surface area (Å²) in [6.07, 6.45) is 5.28. The van der Waals surface area contributed by atoms with Crippen LogP contribution in [0.1, 0.15) is 62.1 Å². The molecule has 1 aliphatic carbocycles. The van der Waals surface area contributed by atoms with Gasteiger partial charge in [0.1, 0.15) is 12.6 Å². The van der Waals surface area contributed by atoms with Crippen molar-refractivity contribution >= 4 is 39.1 Å². The van der Waals surface area contributed by atoms with E-state index in [4.69, 9.17) is 11.6 Å². The van der Waals surface area contributed by atoms with E-state index in [1.54, 1.807) is 24.3 Å². The minimum atomic E-state index is -3.85. The molecule has 224 valence electrons. The summed E-state index contributed by atoms with van der Waals surface area (Å²) in [5.74, 6) is -0.705. The van der Waals surface area contributed by atoms with Gasteiger partial charge in [0.05, 0.1) is 11.9 Å². The number of rotatable bonds is 12. The molecule has 3 aromatic carbocycles. The molecule has 0 aliphatic heterocycles. The second kappa shape index (κ2) is 14.2. The van der Waals surface area contributed by atoms with Crippen LogP contribution in [0, 0.1) is 0 Å². The van der Waals surface area contributed by atoms with Gasteiger partial charge in [0.2, 0.25) is 21.8 Å². The number of carbonyl (C=O) groups is 2. The lowest BCUT2D eigenvalue weighted by Crippen LogP contribution is -2.54. The quantitative estimate of drug-likeness (QED) is 0.276. The third kappa shape index (κ3) is 8.13. The number of hydrogen-bond donors (Lipinski definition) is 1. The van der Waals surface area contributed by atoms with Crippen LogP contribution in [0.3, 0.4) is 0 Å². The van der Waals surface area contributed by atoms with Crippen molar-refractivity contribution in [1.82, 2.24) is 10.2 Å². The molecule has 42 heavy (non-hydrogen) atoms. The molecule has 1 fully saturated rings. The third-order valence-electron chi connectivity index (χ3n) is 7.78. The molecular formula is C33H40ClN3O4S. The summed E-state index contributed by atoms with van der Waals surface area (Å²) in [7, 11) is -3.85. The zero-order valence-electron chi connectivity index (χ0n) is 24.5. The number of nitrogens with one attached hydrogen (secondary N) is 1.